The first-order valence-electron chi connectivity index (χ1n) is 9.67. The number of nitrogens with zero attached hydrogens (tertiary/aromatic N) is 2. The minimum Gasteiger partial charge on any atom is -0.474 e. The maximum Gasteiger partial charge on any atom is 0.215 e. The summed E-state index contributed by atoms with van der Waals surface area (Å²) in [6.07, 6.45) is 2.72. The molecule has 3 fully saturated rings. The van der Waals surface area contributed by atoms with Gasteiger partial charge < -0.3 is 20.7 Å². The third kappa shape index (κ3) is 3.49. The molecule has 3 N–H and O–H groups in total. The standard InChI is InChI=1S/C20H32N4O/c1-19(2)5-7-24(8-6-19)16-9-13(20(3,4)21)10-17(23-16)25-18-14-11-22-12-15(14)18/h9-10,14-15,18,22H,5-8,11-12,21H2,1-4H3/t14-,15+,18+. The molecule has 2 saturated heterocycles. The molecule has 3 heterocycles. The van der Waals surface area contributed by atoms with Gasteiger partial charge in [-0.05, 0) is 43.7 Å². The van der Waals surface area contributed by atoms with Crippen LogP contribution in [-0.4, -0.2) is 37.3 Å². The summed E-state index contributed by atoms with van der Waals surface area (Å²) < 4.78 is 6.27. The molecule has 1 aromatic heterocycles. The molecule has 0 unspecified atom stereocenters. The summed E-state index contributed by atoms with van der Waals surface area (Å²) in [7, 11) is 0. The van der Waals surface area contributed by atoms with Gasteiger partial charge in [-0.15, -0.1) is 0 Å². The van der Waals surface area contributed by atoms with Crippen molar-refractivity contribution in [1.82, 2.24) is 10.3 Å². The number of anilines is 1. The van der Waals surface area contributed by atoms with E-state index in [-0.39, 0.29) is 0 Å². The molecule has 2 aliphatic heterocycles. The summed E-state index contributed by atoms with van der Waals surface area (Å²) in [5.74, 6) is 3.09. The van der Waals surface area contributed by atoms with Crippen molar-refractivity contribution < 1.29 is 4.74 Å². The molecule has 3 atom stereocenters. The first kappa shape index (κ1) is 17.1. The third-order valence-electron chi connectivity index (χ3n) is 6.24. The average molecular weight is 345 g/mol. The molecule has 0 bridgehead atoms. The Labute approximate surface area is 151 Å². The highest BCUT2D eigenvalue weighted by atomic mass is 16.5. The zero-order valence-corrected chi connectivity index (χ0v) is 16.0. The summed E-state index contributed by atoms with van der Waals surface area (Å²) in [5.41, 5.74) is 7.52. The Morgan fingerprint density at radius 3 is 2.44 bits per heavy atom. The van der Waals surface area contributed by atoms with Crippen molar-refractivity contribution in [3.8, 4) is 5.88 Å². The van der Waals surface area contributed by atoms with Crippen molar-refractivity contribution >= 4 is 5.82 Å². The van der Waals surface area contributed by atoms with E-state index >= 15 is 0 Å². The molecule has 4 rings (SSSR count). The molecule has 138 valence electrons. The Bertz CT molecular complexity index is 632. The number of piperidine rings is 2. The van der Waals surface area contributed by atoms with Gasteiger partial charge >= 0.3 is 0 Å². The highest BCUT2D eigenvalue weighted by Gasteiger charge is 2.55. The van der Waals surface area contributed by atoms with Gasteiger partial charge in [0.25, 0.3) is 0 Å². The number of hydrogen-bond acceptors (Lipinski definition) is 5. The van der Waals surface area contributed by atoms with Gasteiger partial charge in [0.2, 0.25) is 5.88 Å². The van der Waals surface area contributed by atoms with Crippen LogP contribution >= 0.6 is 0 Å². The zero-order chi connectivity index (χ0) is 17.8. The van der Waals surface area contributed by atoms with E-state index in [4.69, 9.17) is 15.5 Å². The van der Waals surface area contributed by atoms with E-state index in [1.807, 2.05) is 19.9 Å². The largest absolute Gasteiger partial charge is 0.474 e. The van der Waals surface area contributed by atoms with Gasteiger partial charge in [-0.3, -0.25) is 0 Å². The maximum absolute atomic E-state index is 6.39. The normalized spacial score (nSPS) is 30.9. The average Bonchev–Trinajstić information content (AvgIpc) is 2.95. The number of rotatable bonds is 4. The van der Waals surface area contributed by atoms with E-state index in [2.05, 4.69) is 30.1 Å². The maximum atomic E-state index is 6.39. The van der Waals surface area contributed by atoms with Crippen LogP contribution in [0.15, 0.2) is 12.1 Å². The molecule has 3 aliphatic rings. The quantitative estimate of drug-likeness (QED) is 0.879. The van der Waals surface area contributed by atoms with Gasteiger partial charge in [-0.25, -0.2) is 0 Å². The lowest BCUT2D eigenvalue weighted by Crippen LogP contribution is -2.38. The number of fused-ring (bicyclic) bond motifs is 1. The second-order valence-electron chi connectivity index (χ2n) is 9.49. The Morgan fingerprint density at radius 1 is 1.20 bits per heavy atom. The lowest BCUT2D eigenvalue weighted by atomic mass is 9.82. The van der Waals surface area contributed by atoms with Crippen LogP contribution in [0.1, 0.15) is 46.1 Å². The van der Waals surface area contributed by atoms with E-state index in [0.717, 1.165) is 43.4 Å². The van der Waals surface area contributed by atoms with Crippen LogP contribution in [-0.2, 0) is 5.54 Å². The van der Waals surface area contributed by atoms with E-state index in [0.29, 0.717) is 23.4 Å². The molecule has 5 heteroatoms. The molecule has 25 heavy (non-hydrogen) atoms. The van der Waals surface area contributed by atoms with Crippen LogP contribution in [0.25, 0.3) is 0 Å². The van der Waals surface area contributed by atoms with E-state index < -0.39 is 5.54 Å². The first-order valence-corrected chi connectivity index (χ1v) is 9.67. The Balaban J connectivity index is 1.56. The molecule has 0 aromatic carbocycles. The second-order valence-corrected chi connectivity index (χ2v) is 9.49. The minimum absolute atomic E-state index is 0.332. The summed E-state index contributed by atoms with van der Waals surface area (Å²) >= 11 is 0. The van der Waals surface area contributed by atoms with Crippen molar-refractivity contribution in [2.45, 2.75) is 52.2 Å². The SMILES string of the molecule is CC1(C)CCN(c2cc(C(C)(C)N)cc(O[C@H]3[C@@H]4CNC[C@@H]43)n2)CC1. The minimum atomic E-state index is -0.397. The van der Waals surface area contributed by atoms with Crippen molar-refractivity contribution in [3.05, 3.63) is 17.7 Å². The van der Waals surface area contributed by atoms with Crippen molar-refractivity contribution in [2.75, 3.05) is 31.1 Å². The molecule has 0 spiro atoms. The Hall–Kier alpha value is -1.33. The first-order chi connectivity index (χ1) is 11.7. The van der Waals surface area contributed by atoms with Crippen LogP contribution in [0.5, 0.6) is 5.88 Å². The molecule has 0 amide bonds. The molecular weight excluding hydrogens is 312 g/mol. The summed E-state index contributed by atoms with van der Waals surface area (Å²) in [5, 5.41) is 3.42. The van der Waals surface area contributed by atoms with Crippen LogP contribution in [0.4, 0.5) is 5.82 Å². The van der Waals surface area contributed by atoms with E-state index in [1.54, 1.807) is 0 Å². The summed E-state index contributed by atoms with van der Waals surface area (Å²) in [4.78, 5) is 7.25. The fraction of sp³-hybridized carbons (Fsp3) is 0.750. The van der Waals surface area contributed by atoms with Crippen LogP contribution in [0.3, 0.4) is 0 Å². The number of nitrogens with one attached hydrogen (secondary N) is 1. The molecule has 1 aliphatic carbocycles. The number of ether oxygens (including phenoxy) is 1. The molecule has 1 saturated carbocycles. The van der Waals surface area contributed by atoms with Crippen LogP contribution in [0.2, 0.25) is 0 Å². The smallest absolute Gasteiger partial charge is 0.215 e. The molecule has 1 aromatic rings. The molecule has 5 nitrogen and oxygen atoms in total. The van der Waals surface area contributed by atoms with Crippen molar-refractivity contribution in [1.29, 1.82) is 0 Å². The van der Waals surface area contributed by atoms with Gasteiger partial charge in [0, 0.05) is 49.6 Å². The van der Waals surface area contributed by atoms with Crippen molar-refractivity contribution in [3.63, 3.8) is 0 Å². The summed E-state index contributed by atoms with van der Waals surface area (Å²) in [6.45, 7) is 13.0. The zero-order valence-electron chi connectivity index (χ0n) is 16.0. The molecular formula is C20H32N4O. The van der Waals surface area contributed by atoms with E-state index in [1.165, 1.54) is 12.8 Å². The number of aromatic nitrogens is 1. The van der Waals surface area contributed by atoms with Gasteiger partial charge in [-0.1, -0.05) is 13.8 Å². The monoisotopic (exact) mass is 344 g/mol. The van der Waals surface area contributed by atoms with Gasteiger partial charge in [0.05, 0.1) is 0 Å². The Kier molecular flexibility index (Phi) is 4.00. The predicted molar refractivity (Wildman–Crippen MR) is 101 cm³/mol. The second kappa shape index (κ2) is 5.85. The van der Waals surface area contributed by atoms with E-state index in [9.17, 15) is 0 Å². The summed E-state index contributed by atoms with van der Waals surface area (Å²) in [6, 6.07) is 4.19. The molecule has 0 radical (unpaired) electrons. The number of nitrogens with two attached hydrogens (primary N) is 1. The highest BCUT2D eigenvalue weighted by Crippen LogP contribution is 2.45. The van der Waals surface area contributed by atoms with Crippen LogP contribution < -0.4 is 20.7 Å². The number of hydrogen-bond donors (Lipinski definition) is 2. The van der Waals surface area contributed by atoms with Gasteiger partial charge in [0.15, 0.2) is 0 Å². The fourth-order valence-electron chi connectivity index (χ4n) is 4.10. The van der Waals surface area contributed by atoms with Gasteiger partial charge in [-0.2, -0.15) is 4.98 Å². The topological polar surface area (TPSA) is 63.4 Å². The van der Waals surface area contributed by atoms with Crippen molar-refractivity contribution in [2.24, 2.45) is 23.0 Å². The van der Waals surface area contributed by atoms with Gasteiger partial charge in [0.1, 0.15) is 11.9 Å². The Morgan fingerprint density at radius 2 is 1.84 bits per heavy atom. The fourth-order valence-corrected chi connectivity index (χ4v) is 4.10. The predicted octanol–water partition coefficient (Wildman–Crippen LogP) is 2.50. The highest BCUT2D eigenvalue weighted by molar-refractivity contribution is 5.47. The third-order valence-corrected chi connectivity index (χ3v) is 6.24. The van der Waals surface area contributed by atoms with Crippen LogP contribution in [0, 0.1) is 17.3 Å². The number of pyridine rings is 1. The lowest BCUT2D eigenvalue weighted by molar-refractivity contribution is 0.250. The lowest BCUT2D eigenvalue weighted by Gasteiger charge is -2.38.